The van der Waals surface area contributed by atoms with Gasteiger partial charge in [0.25, 0.3) is 5.91 Å². The quantitative estimate of drug-likeness (QED) is 0.511. The number of sulfonamides is 1. The van der Waals surface area contributed by atoms with E-state index < -0.39 is 10.0 Å². The zero-order valence-corrected chi connectivity index (χ0v) is 19.5. The summed E-state index contributed by atoms with van der Waals surface area (Å²) in [4.78, 5) is 12.9. The average Bonchev–Trinajstić information content (AvgIpc) is 2.79. The molecule has 2 N–H and O–H groups in total. The number of carbonyl (C=O) groups excluding carboxylic acids is 1. The maximum atomic E-state index is 13.0. The van der Waals surface area contributed by atoms with E-state index in [9.17, 15) is 13.2 Å². The van der Waals surface area contributed by atoms with Crippen LogP contribution in [0.5, 0.6) is 5.75 Å². The van der Waals surface area contributed by atoms with Crippen LogP contribution in [0.1, 0.15) is 46.8 Å². The number of anilines is 1. The Labute approximate surface area is 189 Å². The van der Waals surface area contributed by atoms with Crippen molar-refractivity contribution < 1.29 is 17.9 Å². The molecule has 3 rings (SSSR count). The minimum absolute atomic E-state index is 0.0857. The molecule has 1 amide bonds. The Balaban J connectivity index is 1.90. The van der Waals surface area contributed by atoms with E-state index >= 15 is 0 Å². The van der Waals surface area contributed by atoms with Crippen LogP contribution >= 0.6 is 0 Å². The summed E-state index contributed by atoms with van der Waals surface area (Å²) in [6.07, 6.45) is 0. The number of nitrogens with one attached hydrogen (secondary N) is 2. The van der Waals surface area contributed by atoms with Gasteiger partial charge >= 0.3 is 0 Å². The maximum Gasteiger partial charge on any atom is 0.255 e. The van der Waals surface area contributed by atoms with Crippen LogP contribution < -0.4 is 14.8 Å². The molecule has 0 heterocycles. The van der Waals surface area contributed by atoms with Crippen molar-refractivity contribution in [2.75, 3.05) is 12.4 Å². The van der Waals surface area contributed by atoms with Gasteiger partial charge in [-0.3, -0.25) is 4.79 Å². The molecule has 168 valence electrons. The second-order valence-electron chi connectivity index (χ2n) is 7.82. The summed E-state index contributed by atoms with van der Waals surface area (Å²) in [5, 5.41) is 2.96. The molecule has 0 saturated carbocycles. The number of hydrogen-bond acceptors (Lipinski definition) is 4. The van der Waals surface area contributed by atoms with Crippen LogP contribution in [0, 0.1) is 6.92 Å². The summed E-state index contributed by atoms with van der Waals surface area (Å²) < 4.78 is 33.8. The van der Waals surface area contributed by atoms with Gasteiger partial charge in [0.15, 0.2) is 0 Å². The Hall–Kier alpha value is -3.16. The predicted octanol–water partition coefficient (Wildman–Crippen LogP) is 4.86. The van der Waals surface area contributed by atoms with Gasteiger partial charge in [-0.15, -0.1) is 0 Å². The van der Waals surface area contributed by atoms with E-state index in [2.05, 4.69) is 23.9 Å². The van der Waals surface area contributed by atoms with Crippen molar-refractivity contribution in [1.82, 2.24) is 4.72 Å². The van der Waals surface area contributed by atoms with Crippen LogP contribution in [0.25, 0.3) is 0 Å². The van der Waals surface area contributed by atoms with Crippen molar-refractivity contribution in [3.8, 4) is 5.75 Å². The molecule has 0 atom stereocenters. The molecular weight excluding hydrogens is 424 g/mol. The Morgan fingerprint density at radius 1 is 1.00 bits per heavy atom. The first-order chi connectivity index (χ1) is 15.2. The molecule has 0 aliphatic heterocycles. The number of amides is 1. The Bertz CT molecular complexity index is 1210. The van der Waals surface area contributed by atoms with Crippen LogP contribution in [-0.4, -0.2) is 21.4 Å². The van der Waals surface area contributed by atoms with Crippen molar-refractivity contribution in [1.29, 1.82) is 0 Å². The summed E-state index contributed by atoms with van der Waals surface area (Å²) in [6.45, 7) is 6.17. The first kappa shape index (κ1) is 23.5. The number of ether oxygens (including phenoxy) is 1. The SMILES string of the molecule is COc1ccc(C(=O)Nc2c(C)cccc2C(C)C)cc1S(=O)(=O)NCc1ccccc1. The molecule has 3 aromatic rings. The first-order valence-electron chi connectivity index (χ1n) is 10.4. The van der Waals surface area contributed by atoms with Crippen LogP contribution in [0.2, 0.25) is 0 Å². The lowest BCUT2D eigenvalue weighted by molar-refractivity contribution is 0.102. The van der Waals surface area contributed by atoms with E-state index in [1.165, 1.54) is 19.2 Å². The highest BCUT2D eigenvalue weighted by atomic mass is 32.2. The van der Waals surface area contributed by atoms with Gasteiger partial charge in [-0.25, -0.2) is 13.1 Å². The molecule has 0 aliphatic rings. The fourth-order valence-electron chi connectivity index (χ4n) is 3.41. The van der Waals surface area contributed by atoms with Gasteiger partial charge < -0.3 is 10.1 Å². The topological polar surface area (TPSA) is 84.5 Å². The molecule has 0 saturated heterocycles. The third-order valence-electron chi connectivity index (χ3n) is 5.19. The minimum Gasteiger partial charge on any atom is -0.495 e. The summed E-state index contributed by atoms with van der Waals surface area (Å²) in [6, 6.07) is 19.5. The van der Waals surface area contributed by atoms with E-state index in [4.69, 9.17) is 4.74 Å². The van der Waals surface area contributed by atoms with Gasteiger partial charge in [0, 0.05) is 17.8 Å². The lowest BCUT2D eigenvalue weighted by Crippen LogP contribution is -2.24. The van der Waals surface area contributed by atoms with E-state index in [0.29, 0.717) is 0 Å². The highest BCUT2D eigenvalue weighted by Crippen LogP contribution is 2.29. The summed E-state index contributed by atoms with van der Waals surface area (Å²) in [7, 11) is -2.52. The largest absolute Gasteiger partial charge is 0.495 e. The lowest BCUT2D eigenvalue weighted by Gasteiger charge is -2.17. The molecule has 0 radical (unpaired) electrons. The van der Waals surface area contributed by atoms with Gasteiger partial charge in [-0.2, -0.15) is 0 Å². The number of methoxy groups -OCH3 is 1. The van der Waals surface area contributed by atoms with Gasteiger partial charge in [0.1, 0.15) is 10.6 Å². The lowest BCUT2D eigenvalue weighted by atomic mass is 9.98. The molecule has 0 bridgehead atoms. The van der Waals surface area contributed by atoms with Crippen LogP contribution in [0.4, 0.5) is 5.69 Å². The number of aryl methyl sites for hydroxylation is 1. The van der Waals surface area contributed by atoms with Crippen LogP contribution in [0.15, 0.2) is 71.6 Å². The van der Waals surface area contributed by atoms with Gasteiger partial charge in [-0.05, 0) is 47.7 Å². The van der Waals surface area contributed by atoms with Gasteiger partial charge in [0.05, 0.1) is 7.11 Å². The number of carbonyl (C=O) groups is 1. The van der Waals surface area contributed by atoms with Crippen molar-refractivity contribution >= 4 is 21.6 Å². The number of rotatable bonds is 8. The third-order valence-corrected chi connectivity index (χ3v) is 6.61. The minimum atomic E-state index is -3.91. The predicted molar refractivity (Wildman–Crippen MR) is 127 cm³/mol. The second-order valence-corrected chi connectivity index (χ2v) is 9.56. The smallest absolute Gasteiger partial charge is 0.255 e. The van der Waals surface area contributed by atoms with Crippen molar-refractivity contribution in [2.24, 2.45) is 0 Å². The highest BCUT2D eigenvalue weighted by Gasteiger charge is 2.22. The summed E-state index contributed by atoms with van der Waals surface area (Å²) in [5.41, 5.74) is 3.75. The third kappa shape index (κ3) is 5.36. The number of para-hydroxylation sites is 1. The molecule has 0 unspecified atom stereocenters. The van der Waals surface area contributed by atoms with E-state index in [-0.39, 0.29) is 34.6 Å². The molecule has 0 fully saturated rings. The zero-order valence-electron chi connectivity index (χ0n) is 18.7. The zero-order chi connectivity index (χ0) is 23.3. The van der Waals surface area contributed by atoms with Crippen LogP contribution in [0.3, 0.4) is 0 Å². The van der Waals surface area contributed by atoms with E-state index in [0.717, 1.165) is 22.4 Å². The average molecular weight is 453 g/mol. The molecule has 6 nitrogen and oxygen atoms in total. The van der Waals surface area contributed by atoms with Gasteiger partial charge in [-0.1, -0.05) is 62.4 Å². The molecule has 32 heavy (non-hydrogen) atoms. The molecule has 0 aliphatic carbocycles. The fraction of sp³-hybridized carbons (Fsp3) is 0.240. The second kappa shape index (κ2) is 9.97. The standard InChI is InChI=1S/C25H28N2O4S/c1-17(2)21-12-8-9-18(3)24(21)27-25(28)20-13-14-22(31-4)23(15-20)32(29,30)26-16-19-10-6-5-7-11-19/h5-15,17,26H,16H2,1-4H3,(H,27,28). The first-order valence-corrected chi connectivity index (χ1v) is 11.8. The summed E-state index contributed by atoms with van der Waals surface area (Å²) >= 11 is 0. The van der Waals surface area contributed by atoms with Gasteiger partial charge in [0.2, 0.25) is 10.0 Å². The number of hydrogen-bond donors (Lipinski definition) is 2. The van der Waals surface area contributed by atoms with E-state index in [1.54, 1.807) is 6.07 Å². The van der Waals surface area contributed by atoms with Crippen molar-refractivity contribution in [3.63, 3.8) is 0 Å². The molecule has 7 heteroatoms. The Morgan fingerprint density at radius 3 is 2.38 bits per heavy atom. The number of benzene rings is 3. The van der Waals surface area contributed by atoms with E-state index in [1.807, 2.05) is 55.5 Å². The fourth-order valence-corrected chi connectivity index (χ4v) is 4.62. The summed E-state index contributed by atoms with van der Waals surface area (Å²) in [5.74, 6) is 0.00317. The molecular formula is C25H28N2O4S. The van der Waals surface area contributed by atoms with Crippen LogP contribution in [-0.2, 0) is 16.6 Å². The highest BCUT2D eigenvalue weighted by molar-refractivity contribution is 7.89. The van der Waals surface area contributed by atoms with Crippen molar-refractivity contribution in [3.05, 3.63) is 89.0 Å². The molecule has 0 spiro atoms. The maximum absolute atomic E-state index is 13.0. The Morgan fingerprint density at radius 2 is 1.72 bits per heavy atom. The Kier molecular flexibility index (Phi) is 7.33. The van der Waals surface area contributed by atoms with Crippen molar-refractivity contribution in [2.45, 2.75) is 38.1 Å². The molecule has 0 aromatic heterocycles. The normalized spacial score (nSPS) is 11.4. The molecule has 3 aromatic carbocycles. The monoisotopic (exact) mass is 452 g/mol.